The Morgan fingerprint density at radius 3 is 1.91 bits per heavy atom. The highest BCUT2D eigenvalue weighted by Gasteiger charge is 2.35. The number of furan rings is 1. The van der Waals surface area contributed by atoms with Crippen LogP contribution in [0.25, 0.3) is 100.0 Å². The number of hydrogen-bond acceptors (Lipinski definition) is 3. The van der Waals surface area contributed by atoms with Crippen molar-refractivity contribution in [2.75, 3.05) is 0 Å². The monoisotopic (exact) mass is 716 g/mol. The van der Waals surface area contributed by atoms with Gasteiger partial charge in [0.1, 0.15) is 11.2 Å². The molecular formula is C53H36N2O. The summed E-state index contributed by atoms with van der Waals surface area (Å²) in [7, 11) is 0. The summed E-state index contributed by atoms with van der Waals surface area (Å²) in [5, 5.41) is 4.65. The summed E-state index contributed by atoms with van der Waals surface area (Å²) in [6, 6.07) is 64.9. The molecule has 0 unspecified atom stereocenters. The minimum Gasteiger partial charge on any atom is -0.456 e. The van der Waals surface area contributed by atoms with E-state index in [1.807, 2.05) is 30.3 Å². The van der Waals surface area contributed by atoms with E-state index in [0.29, 0.717) is 5.82 Å². The molecule has 0 atom stereocenters. The van der Waals surface area contributed by atoms with Crippen LogP contribution in [-0.2, 0) is 5.41 Å². The van der Waals surface area contributed by atoms with Crippen molar-refractivity contribution in [1.29, 1.82) is 0 Å². The predicted octanol–water partition coefficient (Wildman–Crippen LogP) is 14.2. The van der Waals surface area contributed by atoms with Crippen molar-refractivity contribution in [1.82, 2.24) is 9.97 Å². The van der Waals surface area contributed by atoms with Crippen molar-refractivity contribution in [2.45, 2.75) is 19.3 Å². The van der Waals surface area contributed by atoms with Crippen LogP contribution in [0.1, 0.15) is 25.0 Å². The van der Waals surface area contributed by atoms with Gasteiger partial charge in [-0.15, -0.1) is 0 Å². The second-order valence-corrected chi connectivity index (χ2v) is 15.4. The van der Waals surface area contributed by atoms with Gasteiger partial charge in [0.05, 0.1) is 11.4 Å². The summed E-state index contributed by atoms with van der Waals surface area (Å²) in [4.78, 5) is 10.6. The molecule has 0 amide bonds. The van der Waals surface area contributed by atoms with E-state index >= 15 is 0 Å². The number of fused-ring (bicyclic) bond motifs is 7. The summed E-state index contributed by atoms with van der Waals surface area (Å²) in [6.07, 6.45) is 0. The summed E-state index contributed by atoms with van der Waals surface area (Å²) < 4.78 is 6.38. The molecule has 0 saturated carbocycles. The van der Waals surface area contributed by atoms with Crippen molar-refractivity contribution in [3.8, 4) is 67.3 Å². The second kappa shape index (κ2) is 12.5. The Morgan fingerprint density at radius 1 is 0.375 bits per heavy atom. The quantitative estimate of drug-likeness (QED) is 0.178. The maximum atomic E-state index is 6.38. The van der Waals surface area contributed by atoms with Crippen molar-refractivity contribution in [3.05, 3.63) is 193 Å². The van der Waals surface area contributed by atoms with Crippen molar-refractivity contribution in [3.63, 3.8) is 0 Å². The Morgan fingerprint density at radius 2 is 1.02 bits per heavy atom. The minimum atomic E-state index is -0.0691. The minimum absolute atomic E-state index is 0.0691. The zero-order valence-electron chi connectivity index (χ0n) is 31.1. The lowest BCUT2D eigenvalue weighted by atomic mass is 9.82. The molecule has 264 valence electrons. The van der Waals surface area contributed by atoms with Gasteiger partial charge in [-0.05, 0) is 104 Å². The molecule has 1 aliphatic rings. The van der Waals surface area contributed by atoms with Crippen LogP contribution in [0, 0.1) is 0 Å². The Hall–Kier alpha value is -7.10. The summed E-state index contributed by atoms with van der Waals surface area (Å²) >= 11 is 0. The van der Waals surface area contributed by atoms with E-state index in [-0.39, 0.29) is 5.41 Å². The van der Waals surface area contributed by atoms with E-state index in [0.717, 1.165) is 66.7 Å². The third-order valence-corrected chi connectivity index (χ3v) is 11.7. The van der Waals surface area contributed by atoms with Crippen LogP contribution in [0.4, 0.5) is 0 Å². The zero-order chi connectivity index (χ0) is 37.4. The molecule has 0 spiro atoms. The van der Waals surface area contributed by atoms with E-state index in [2.05, 4.69) is 166 Å². The molecule has 56 heavy (non-hydrogen) atoms. The first kappa shape index (κ1) is 32.3. The summed E-state index contributed by atoms with van der Waals surface area (Å²) in [5.74, 6) is 0.695. The lowest BCUT2D eigenvalue weighted by Crippen LogP contribution is -2.14. The Labute approximate surface area is 325 Å². The molecule has 0 bridgehead atoms. The topological polar surface area (TPSA) is 38.9 Å². The molecule has 10 aromatic rings. The average Bonchev–Trinajstić information content (AvgIpc) is 3.74. The van der Waals surface area contributed by atoms with Gasteiger partial charge in [0.25, 0.3) is 0 Å². The molecule has 2 heterocycles. The molecule has 0 aliphatic heterocycles. The third kappa shape index (κ3) is 5.20. The van der Waals surface area contributed by atoms with E-state index in [4.69, 9.17) is 14.4 Å². The van der Waals surface area contributed by atoms with Gasteiger partial charge in [-0.2, -0.15) is 0 Å². The lowest BCUT2D eigenvalue weighted by molar-refractivity contribution is 0.660. The number of hydrogen-bond donors (Lipinski definition) is 0. The molecule has 0 radical (unpaired) electrons. The van der Waals surface area contributed by atoms with E-state index in [1.54, 1.807) is 0 Å². The first-order valence-electron chi connectivity index (χ1n) is 19.2. The van der Waals surface area contributed by atoms with Gasteiger partial charge in [-0.3, -0.25) is 0 Å². The van der Waals surface area contributed by atoms with E-state index < -0.39 is 0 Å². The van der Waals surface area contributed by atoms with Crippen LogP contribution in [0.3, 0.4) is 0 Å². The normalized spacial score (nSPS) is 13.0. The molecule has 1 aliphatic carbocycles. The fraction of sp³-hybridized carbons (Fsp3) is 0.0566. The van der Waals surface area contributed by atoms with Gasteiger partial charge in [-0.1, -0.05) is 147 Å². The van der Waals surface area contributed by atoms with Gasteiger partial charge < -0.3 is 4.42 Å². The van der Waals surface area contributed by atoms with Crippen LogP contribution in [-0.4, -0.2) is 9.97 Å². The highest BCUT2D eigenvalue weighted by Crippen LogP contribution is 2.49. The smallest absolute Gasteiger partial charge is 0.160 e. The van der Waals surface area contributed by atoms with Crippen LogP contribution in [0.5, 0.6) is 0 Å². The molecular weight excluding hydrogens is 681 g/mol. The highest BCUT2D eigenvalue weighted by molar-refractivity contribution is 6.06. The van der Waals surface area contributed by atoms with Crippen LogP contribution in [0.15, 0.2) is 186 Å². The molecule has 11 rings (SSSR count). The number of nitrogens with zero attached hydrogens (tertiary/aromatic N) is 2. The molecule has 3 heteroatoms. The fourth-order valence-corrected chi connectivity index (χ4v) is 8.82. The van der Waals surface area contributed by atoms with Gasteiger partial charge >= 0.3 is 0 Å². The summed E-state index contributed by atoms with van der Waals surface area (Å²) in [6.45, 7) is 4.64. The molecule has 0 saturated heterocycles. The Balaban J connectivity index is 1.14. The van der Waals surface area contributed by atoms with Crippen LogP contribution < -0.4 is 0 Å². The Bertz CT molecular complexity index is 3170. The van der Waals surface area contributed by atoms with Crippen molar-refractivity contribution >= 4 is 32.7 Å². The lowest BCUT2D eigenvalue weighted by Gasteiger charge is -2.21. The number of benzene rings is 8. The first-order valence-corrected chi connectivity index (χ1v) is 19.2. The van der Waals surface area contributed by atoms with E-state index in [1.165, 1.54) is 38.6 Å². The predicted molar refractivity (Wildman–Crippen MR) is 232 cm³/mol. The molecule has 2 aromatic heterocycles. The number of rotatable bonds is 5. The zero-order valence-corrected chi connectivity index (χ0v) is 31.1. The van der Waals surface area contributed by atoms with Gasteiger partial charge in [0.2, 0.25) is 0 Å². The Kier molecular flexibility index (Phi) is 7.20. The number of para-hydroxylation sites is 1. The van der Waals surface area contributed by atoms with Gasteiger partial charge in [0, 0.05) is 32.9 Å². The SMILES string of the molecule is CC1(C)c2ccccc2-c2cc(-c3cc(-c4cc(-c5ccc6c(c5)oc5ccccc56)cc(-c5cccc6ccccc56)c4)nc(-c4ccccc4)n3)ccc21. The maximum Gasteiger partial charge on any atom is 0.160 e. The molecule has 0 N–H and O–H groups in total. The van der Waals surface area contributed by atoms with Gasteiger partial charge in [0.15, 0.2) is 5.82 Å². The van der Waals surface area contributed by atoms with Crippen LogP contribution in [0.2, 0.25) is 0 Å². The van der Waals surface area contributed by atoms with E-state index in [9.17, 15) is 0 Å². The van der Waals surface area contributed by atoms with Crippen molar-refractivity contribution < 1.29 is 4.42 Å². The van der Waals surface area contributed by atoms with Gasteiger partial charge in [-0.25, -0.2) is 9.97 Å². The molecule has 3 nitrogen and oxygen atoms in total. The molecule has 8 aromatic carbocycles. The van der Waals surface area contributed by atoms with Crippen LogP contribution >= 0.6 is 0 Å². The highest BCUT2D eigenvalue weighted by atomic mass is 16.3. The second-order valence-electron chi connectivity index (χ2n) is 15.4. The third-order valence-electron chi connectivity index (χ3n) is 11.7. The fourth-order valence-electron chi connectivity index (χ4n) is 8.82. The largest absolute Gasteiger partial charge is 0.456 e. The first-order chi connectivity index (χ1) is 27.5. The maximum absolute atomic E-state index is 6.38. The standard InChI is InChI=1S/C53H36N2O/c1-53(2)46-21-10-8-18-42(46)45-30-36(24-26-47(45)53)48-32-49(55-52(54-48)34-14-4-3-5-15-34)39-28-37(27-38(29-39)41-20-12-16-33-13-6-7-17-40(33)41)35-23-25-44-43-19-9-11-22-50(43)56-51(44)31-35/h3-32H,1-2H3. The average molecular weight is 717 g/mol. The number of aromatic nitrogens is 2. The summed E-state index contributed by atoms with van der Waals surface area (Å²) in [5.41, 5.74) is 16.2. The molecule has 0 fully saturated rings. The van der Waals surface area contributed by atoms with Crippen molar-refractivity contribution in [2.24, 2.45) is 0 Å².